The number of hydrogen-bond donors (Lipinski definition) is 2. The molecule has 2 fully saturated rings. The highest BCUT2D eigenvalue weighted by Gasteiger charge is 2.44. The molecule has 4 nitrogen and oxygen atoms in total. The monoisotopic (exact) mass is 226 g/mol. The van der Waals surface area contributed by atoms with Crippen LogP contribution < -0.4 is 5.73 Å². The lowest BCUT2D eigenvalue weighted by molar-refractivity contribution is -0.151. The van der Waals surface area contributed by atoms with E-state index in [-0.39, 0.29) is 17.9 Å². The Bertz CT molecular complexity index is 256. The maximum atomic E-state index is 12.4. The van der Waals surface area contributed by atoms with Crippen molar-refractivity contribution in [3.05, 3.63) is 0 Å². The fraction of sp³-hybridized carbons (Fsp3) is 0.917. The van der Waals surface area contributed by atoms with Gasteiger partial charge in [0.15, 0.2) is 0 Å². The van der Waals surface area contributed by atoms with Gasteiger partial charge in [-0.3, -0.25) is 4.79 Å². The van der Waals surface area contributed by atoms with Crippen LogP contribution in [-0.2, 0) is 4.79 Å². The summed E-state index contributed by atoms with van der Waals surface area (Å²) >= 11 is 0. The minimum Gasteiger partial charge on any atom is -0.396 e. The second-order valence-electron chi connectivity index (χ2n) is 5.30. The Kier molecular flexibility index (Phi) is 3.50. The molecular formula is C12H22N2O2. The van der Waals surface area contributed by atoms with Crippen LogP contribution in [-0.4, -0.2) is 42.2 Å². The van der Waals surface area contributed by atoms with Crippen molar-refractivity contribution >= 4 is 5.91 Å². The third-order valence-corrected chi connectivity index (χ3v) is 4.16. The molecule has 1 saturated carbocycles. The number of carbonyl (C=O) groups excluding carboxylic acids is 1. The molecular weight excluding hydrogens is 204 g/mol. The summed E-state index contributed by atoms with van der Waals surface area (Å²) in [5, 5.41) is 8.95. The zero-order valence-corrected chi connectivity index (χ0v) is 9.82. The van der Waals surface area contributed by atoms with E-state index in [1.807, 2.05) is 4.90 Å². The summed E-state index contributed by atoms with van der Waals surface area (Å²) in [6.45, 7) is 2.11. The molecule has 1 saturated heterocycles. The third-order valence-electron chi connectivity index (χ3n) is 4.16. The van der Waals surface area contributed by atoms with E-state index >= 15 is 0 Å². The van der Waals surface area contributed by atoms with Crippen LogP contribution in [0.25, 0.3) is 0 Å². The van der Waals surface area contributed by atoms with Crippen molar-refractivity contribution in [1.29, 1.82) is 0 Å². The van der Waals surface area contributed by atoms with E-state index in [0.29, 0.717) is 12.5 Å². The third kappa shape index (κ3) is 1.96. The number of nitrogens with two attached hydrogens (primary N) is 1. The topological polar surface area (TPSA) is 66.6 Å². The second kappa shape index (κ2) is 4.72. The number of aliphatic hydroxyl groups is 1. The summed E-state index contributed by atoms with van der Waals surface area (Å²) in [7, 11) is 0. The van der Waals surface area contributed by atoms with E-state index < -0.39 is 0 Å². The van der Waals surface area contributed by atoms with Gasteiger partial charge in [-0.2, -0.15) is 0 Å². The Morgan fingerprint density at radius 2 is 1.94 bits per heavy atom. The van der Waals surface area contributed by atoms with Crippen molar-refractivity contribution in [2.45, 2.75) is 32.1 Å². The molecule has 2 rings (SSSR count). The highest BCUT2D eigenvalue weighted by Crippen LogP contribution is 2.38. The quantitative estimate of drug-likeness (QED) is 0.729. The van der Waals surface area contributed by atoms with Crippen LogP contribution in [0.15, 0.2) is 0 Å². The Morgan fingerprint density at radius 1 is 1.31 bits per heavy atom. The lowest BCUT2D eigenvalue weighted by Crippen LogP contribution is -2.58. The molecule has 0 spiro atoms. The molecule has 92 valence electrons. The van der Waals surface area contributed by atoms with Gasteiger partial charge < -0.3 is 15.7 Å². The van der Waals surface area contributed by atoms with Crippen molar-refractivity contribution in [2.75, 3.05) is 26.2 Å². The lowest BCUT2D eigenvalue weighted by atomic mass is 9.72. The first kappa shape index (κ1) is 11.9. The first-order valence-corrected chi connectivity index (χ1v) is 6.32. The van der Waals surface area contributed by atoms with Crippen LogP contribution in [0, 0.1) is 11.3 Å². The molecule has 0 unspecified atom stereocenters. The van der Waals surface area contributed by atoms with Crippen molar-refractivity contribution < 1.29 is 9.90 Å². The molecule has 0 atom stereocenters. The molecule has 1 aliphatic heterocycles. The van der Waals surface area contributed by atoms with Gasteiger partial charge in [-0.15, -0.1) is 0 Å². The zero-order valence-electron chi connectivity index (χ0n) is 9.82. The molecule has 0 radical (unpaired) electrons. The maximum Gasteiger partial charge on any atom is 0.230 e. The molecule has 1 amide bonds. The van der Waals surface area contributed by atoms with Gasteiger partial charge in [0, 0.05) is 32.2 Å². The van der Waals surface area contributed by atoms with Gasteiger partial charge in [0.25, 0.3) is 0 Å². The highest BCUT2D eigenvalue weighted by atomic mass is 16.3. The van der Waals surface area contributed by atoms with E-state index in [4.69, 9.17) is 10.8 Å². The van der Waals surface area contributed by atoms with E-state index in [2.05, 4.69) is 0 Å². The van der Waals surface area contributed by atoms with E-state index in [0.717, 1.165) is 38.8 Å². The predicted molar refractivity (Wildman–Crippen MR) is 61.7 cm³/mol. The minimum absolute atomic E-state index is 0.194. The van der Waals surface area contributed by atoms with Crippen LogP contribution in [0.3, 0.4) is 0 Å². The largest absolute Gasteiger partial charge is 0.396 e. The molecule has 3 N–H and O–H groups in total. The zero-order chi connectivity index (χ0) is 11.6. The number of likely N-dealkylation sites (tertiary alicyclic amines) is 1. The molecule has 1 heterocycles. The van der Waals surface area contributed by atoms with Crippen molar-refractivity contribution in [1.82, 2.24) is 4.90 Å². The highest BCUT2D eigenvalue weighted by molar-refractivity contribution is 5.83. The summed E-state index contributed by atoms with van der Waals surface area (Å²) in [4.78, 5) is 14.2. The maximum absolute atomic E-state index is 12.4. The fourth-order valence-electron chi connectivity index (χ4n) is 2.92. The van der Waals surface area contributed by atoms with Crippen LogP contribution in [0.2, 0.25) is 0 Å². The molecule has 0 aromatic carbocycles. The van der Waals surface area contributed by atoms with Crippen LogP contribution in [0.4, 0.5) is 0 Å². The van der Waals surface area contributed by atoms with Crippen LogP contribution in [0.1, 0.15) is 32.1 Å². The van der Waals surface area contributed by atoms with E-state index in [9.17, 15) is 4.79 Å². The average Bonchev–Trinajstić information content (AvgIpc) is 2.28. The summed E-state index contributed by atoms with van der Waals surface area (Å²) in [5.74, 6) is 0.529. The Hall–Kier alpha value is -0.610. The number of rotatable bonds is 3. The van der Waals surface area contributed by atoms with Crippen LogP contribution in [0.5, 0.6) is 0 Å². The Morgan fingerprint density at radius 3 is 2.44 bits per heavy atom. The van der Waals surface area contributed by atoms with Crippen molar-refractivity contribution in [3.8, 4) is 0 Å². The summed E-state index contributed by atoms with van der Waals surface area (Å²) < 4.78 is 0. The van der Waals surface area contributed by atoms with Gasteiger partial charge in [-0.25, -0.2) is 0 Å². The molecule has 0 aromatic heterocycles. The van der Waals surface area contributed by atoms with E-state index in [1.54, 1.807) is 0 Å². The second-order valence-corrected chi connectivity index (χ2v) is 5.30. The summed E-state index contributed by atoms with van der Waals surface area (Å²) in [6, 6.07) is 0. The molecule has 0 aromatic rings. The van der Waals surface area contributed by atoms with E-state index in [1.165, 1.54) is 6.42 Å². The average molecular weight is 226 g/mol. The number of nitrogens with zero attached hydrogens (tertiary/aromatic N) is 1. The minimum atomic E-state index is -0.279. The number of aliphatic hydroxyl groups excluding tert-OH is 1. The first-order valence-electron chi connectivity index (χ1n) is 6.32. The van der Waals surface area contributed by atoms with Gasteiger partial charge in [-0.1, -0.05) is 19.3 Å². The molecule has 0 bridgehead atoms. The smallest absolute Gasteiger partial charge is 0.230 e. The number of carbonyl (C=O) groups is 1. The van der Waals surface area contributed by atoms with Gasteiger partial charge in [0.1, 0.15) is 0 Å². The summed E-state index contributed by atoms with van der Waals surface area (Å²) in [5.41, 5.74) is 5.55. The number of hydrogen-bond acceptors (Lipinski definition) is 3. The predicted octanol–water partition coefficient (Wildman–Crippen LogP) is 0.346. The number of amides is 1. The van der Waals surface area contributed by atoms with Gasteiger partial charge in [0.2, 0.25) is 5.91 Å². The lowest BCUT2D eigenvalue weighted by Gasteiger charge is -2.45. The van der Waals surface area contributed by atoms with Gasteiger partial charge in [0.05, 0.1) is 5.41 Å². The fourth-order valence-corrected chi connectivity index (χ4v) is 2.92. The first-order chi connectivity index (χ1) is 7.72. The molecule has 16 heavy (non-hydrogen) atoms. The molecule has 1 aliphatic carbocycles. The van der Waals surface area contributed by atoms with Gasteiger partial charge >= 0.3 is 0 Å². The van der Waals surface area contributed by atoms with Crippen molar-refractivity contribution in [3.63, 3.8) is 0 Å². The van der Waals surface area contributed by atoms with Crippen molar-refractivity contribution in [2.24, 2.45) is 17.1 Å². The Balaban J connectivity index is 1.96. The summed E-state index contributed by atoms with van der Waals surface area (Å²) in [6.07, 6.45) is 5.37. The Labute approximate surface area is 96.8 Å². The SMILES string of the molecule is NCC1(C(=O)N2CC(CO)C2)CCCCC1. The standard InChI is InChI=1S/C12H22N2O2/c13-9-12(4-2-1-3-5-12)11(16)14-6-10(7-14)8-15/h10,15H,1-9,13H2. The molecule has 4 heteroatoms. The van der Waals surface area contributed by atoms with Crippen LogP contribution >= 0.6 is 0 Å². The molecule has 2 aliphatic rings. The normalized spacial score (nSPS) is 25.2. The van der Waals surface area contributed by atoms with Gasteiger partial charge in [-0.05, 0) is 12.8 Å².